The number of hydrogen-bond donors (Lipinski definition) is 2. The number of aromatic nitrogens is 2. The minimum absolute atomic E-state index is 0.0390. The van der Waals surface area contributed by atoms with Gasteiger partial charge in [0.1, 0.15) is 0 Å². The van der Waals surface area contributed by atoms with Gasteiger partial charge in [-0.1, -0.05) is 13.8 Å². The molecule has 0 fully saturated rings. The van der Waals surface area contributed by atoms with Gasteiger partial charge >= 0.3 is 11.9 Å². The van der Waals surface area contributed by atoms with Crippen molar-refractivity contribution in [1.29, 1.82) is 0 Å². The topological polar surface area (TPSA) is 167 Å². The first-order chi connectivity index (χ1) is 20.0. The van der Waals surface area contributed by atoms with Crippen LogP contribution in [0.3, 0.4) is 0 Å². The highest BCUT2D eigenvalue weighted by Crippen LogP contribution is 2.24. The molecule has 2 heterocycles. The minimum atomic E-state index is -1.09. The third-order valence-electron chi connectivity index (χ3n) is 6.10. The molecule has 0 bridgehead atoms. The fourth-order valence-corrected chi connectivity index (χ4v) is 4.06. The summed E-state index contributed by atoms with van der Waals surface area (Å²) < 4.78 is 10.3. The van der Waals surface area contributed by atoms with E-state index in [4.69, 9.17) is 8.83 Å². The van der Waals surface area contributed by atoms with E-state index in [1.165, 1.54) is 49.4 Å². The van der Waals surface area contributed by atoms with Crippen LogP contribution in [-0.2, 0) is 0 Å². The molecule has 0 aliphatic rings. The van der Waals surface area contributed by atoms with Gasteiger partial charge in [-0.05, 0) is 49.2 Å². The molecule has 12 nitrogen and oxygen atoms in total. The lowest BCUT2D eigenvalue weighted by molar-refractivity contribution is 0.0685. The van der Waals surface area contributed by atoms with E-state index in [2.05, 4.69) is 9.97 Å². The summed E-state index contributed by atoms with van der Waals surface area (Å²) in [5.74, 6) is -1.79. The fraction of sp³-hybridized carbons (Fsp3) is 0.267. The van der Waals surface area contributed by atoms with Gasteiger partial charge < -0.3 is 28.8 Å². The van der Waals surface area contributed by atoms with Gasteiger partial charge in [-0.3, -0.25) is 9.59 Å². The molecule has 4 rings (SSSR count). The van der Waals surface area contributed by atoms with Gasteiger partial charge in [0.05, 0.1) is 23.5 Å². The Bertz CT molecular complexity index is 1420. The first-order valence-corrected chi connectivity index (χ1v) is 13.1. The molecule has 2 amide bonds. The van der Waals surface area contributed by atoms with Crippen LogP contribution < -0.4 is 0 Å². The second kappa shape index (κ2) is 14.4. The quantitative estimate of drug-likeness (QED) is 0.261. The van der Waals surface area contributed by atoms with Gasteiger partial charge in [-0.2, -0.15) is 0 Å². The normalized spacial score (nSPS) is 10.4. The van der Waals surface area contributed by atoms with Crippen molar-refractivity contribution in [2.45, 2.75) is 26.7 Å². The molecular formula is C30H32N4O8. The number of carboxylic acid groups (broad SMARTS) is 2. The zero-order valence-corrected chi connectivity index (χ0v) is 23.7. The summed E-state index contributed by atoms with van der Waals surface area (Å²) in [6.07, 6.45) is 7.13. The zero-order valence-electron chi connectivity index (χ0n) is 23.7. The van der Waals surface area contributed by atoms with Crippen LogP contribution in [0.25, 0.3) is 22.6 Å². The molecule has 4 aromatic rings. The highest BCUT2D eigenvalue weighted by atomic mass is 16.4. The molecule has 220 valence electrons. The SMILES string of the molecule is CCCN(C)C(=O)c1cc(C(=O)O)cc(-c2cnco2)c1.CCCN(C)C(=O)c1cc(C(=O)O)cc(-c2cnco2)c1. The summed E-state index contributed by atoms with van der Waals surface area (Å²) >= 11 is 0. The lowest BCUT2D eigenvalue weighted by Crippen LogP contribution is -2.27. The molecule has 0 unspecified atom stereocenters. The molecule has 0 saturated heterocycles. The number of oxazole rings is 2. The number of rotatable bonds is 10. The van der Waals surface area contributed by atoms with Crippen molar-refractivity contribution in [3.63, 3.8) is 0 Å². The number of amides is 2. The standard InChI is InChI=1S/2C15H16N2O4/c2*1-3-4-17(2)14(18)11-5-10(13-8-16-9-21-13)6-12(7-11)15(19)20/h2*5-9H,3-4H2,1-2H3,(H,19,20). The Morgan fingerprint density at radius 1 is 0.643 bits per heavy atom. The third-order valence-corrected chi connectivity index (χ3v) is 6.10. The number of carbonyl (C=O) groups is 4. The molecule has 2 N–H and O–H groups in total. The first kappa shape index (κ1) is 31.3. The van der Waals surface area contributed by atoms with E-state index >= 15 is 0 Å². The summed E-state index contributed by atoms with van der Waals surface area (Å²) in [6.45, 7) is 5.15. The van der Waals surface area contributed by atoms with E-state index in [0.29, 0.717) is 46.9 Å². The second-order valence-corrected chi connectivity index (χ2v) is 9.39. The average molecular weight is 577 g/mol. The first-order valence-electron chi connectivity index (χ1n) is 13.1. The molecular weight excluding hydrogens is 544 g/mol. The molecule has 2 aromatic heterocycles. The number of carboxylic acids is 2. The van der Waals surface area contributed by atoms with Crippen molar-refractivity contribution in [2.75, 3.05) is 27.2 Å². The summed E-state index contributed by atoms with van der Waals surface area (Å²) in [6, 6.07) is 8.88. The predicted octanol–water partition coefficient (Wildman–Crippen LogP) is 5.04. The van der Waals surface area contributed by atoms with Crippen molar-refractivity contribution < 1.29 is 38.2 Å². The predicted molar refractivity (Wildman–Crippen MR) is 152 cm³/mol. The van der Waals surface area contributed by atoms with E-state index in [0.717, 1.165) is 12.8 Å². The molecule has 0 atom stereocenters. The second-order valence-electron chi connectivity index (χ2n) is 9.39. The van der Waals surface area contributed by atoms with E-state index in [-0.39, 0.29) is 22.9 Å². The monoisotopic (exact) mass is 576 g/mol. The average Bonchev–Trinajstić information content (AvgIpc) is 3.72. The van der Waals surface area contributed by atoms with Gasteiger partial charge in [0.25, 0.3) is 11.8 Å². The fourth-order valence-electron chi connectivity index (χ4n) is 4.06. The lowest BCUT2D eigenvalue weighted by Gasteiger charge is -2.16. The highest BCUT2D eigenvalue weighted by Gasteiger charge is 2.18. The van der Waals surface area contributed by atoms with E-state index in [1.807, 2.05) is 13.8 Å². The van der Waals surface area contributed by atoms with Crippen LogP contribution in [0.15, 0.2) is 70.4 Å². The summed E-state index contributed by atoms with van der Waals surface area (Å²) in [4.78, 5) is 57.8. The maximum Gasteiger partial charge on any atom is 0.335 e. The maximum absolute atomic E-state index is 12.3. The number of carbonyl (C=O) groups excluding carboxylic acids is 2. The molecule has 0 aliphatic heterocycles. The van der Waals surface area contributed by atoms with Crippen molar-refractivity contribution in [1.82, 2.24) is 19.8 Å². The van der Waals surface area contributed by atoms with Crippen molar-refractivity contribution in [2.24, 2.45) is 0 Å². The van der Waals surface area contributed by atoms with Gasteiger partial charge in [-0.15, -0.1) is 0 Å². The molecule has 0 radical (unpaired) electrons. The molecule has 0 spiro atoms. The Balaban J connectivity index is 0.000000230. The van der Waals surface area contributed by atoms with E-state index < -0.39 is 11.9 Å². The largest absolute Gasteiger partial charge is 0.478 e. The third kappa shape index (κ3) is 7.90. The van der Waals surface area contributed by atoms with E-state index in [1.54, 1.807) is 36.0 Å². The lowest BCUT2D eigenvalue weighted by atomic mass is 10.0. The Kier molecular flexibility index (Phi) is 10.7. The molecule has 0 aliphatic carbocycles. The van der Waals surface area contributed by atoms with Gasteiger partial charge in [-0.25, -0.2) is 19.6 Å². The van der Waals surface area contributed by atoms with Crippen molar-refractivity contribution in [3.8, 4) is 22.6 Å². The number of benzene rings is 2. The van der Waals surface area contributed by atoms with Crippen LogP contribution in [0.4, 0.5) is 0 Å². The maximum atomic E-state index is 12.3. The van der Waals surface area contributed by atoms with Gasteiger partial charge in [0.2, 0.25) is 0 Å². The van der Waals surface area contributed by atoms with Gasteiger partial charge in [0, 0.05) is 49.4 Å². The molecule has 42 heavy (non-hydrogen) atoms. The number of aromatic carboxylic acids is 2. The Labute approximate surface area is 242 Å². The van der Waals surface area contributed by atoms with Crippen LogP contribution in [-0.4, -0.2) is 80.9 Å². The van der Waals surface area contributed by atoms with Crippen LogP contribution in [0.5, 0.6) is 0 Å². The number of nitrogens with zero attached hydrogens (tertiary/aromatic N) is 4. The van der Waals surface area contributed by atoms with Crippen LogP contribution in [0.2, 0.25) is 0 Å². The van der Waals surface area contributed by atoms with Crippen LogP contribution in [0.1, 0.15) is 68.1 Å². The zero-order chi connectivity index (χ0) is 30.8. The minimum Gasteiger partial charge on any atom is -0.478 e. The van der Waals surface area contributed by atoms with Crippen LogP contribution >= 0.6 is 0 Å². The van der Waals surface area contributed by atoms with Crippen molar-refractivity contribution >= 4 is 23.8 Å². The van der Waals surface area contributed by atoms with E-state index in [9.17, 15) is 29.4 Å². The molecule has 0 saturated carbocycles. The highest BCUT2D eigenvalue weighted by molar-refractivity contribution is 6.00. The Morgan fingerprint density at radius 3 is 1.29 bits per heavy atom. The molecule has 2 aromatic carbocycles. The summed E-state index contributed by atoms with van der Waals surface area (Å²) in [5, 5.41) is 18.4. The van der Waals surface area contributed by atoms with Crippen LogP contribution in [0, 0.1) is 0 Å². The Hall–Kier alpha value is -5.26. The molecule has 12 heteroatoms. The number of hydrogen-bond acceptors (Lipinski definition) is 8. The Morgan fingerprint density at radius 2 is 1.00 bits per heavy atom. The van der Waals surface area contributed by atoms with Gasteiger partial charge in [0.15, 0.2) is 24.3 Å². The van der Waals surface area contributed by atoms with Crippen molar-refractivity contribution in [3.05, 3.63) is 83.8 Å². The summed E-state index contributed by atoms with van der Waals surface area (Å²) in [5.41, 5.74) is 1.74. The smallest absolute Gasteiger partial charge is 0.335 e. The summed E-state index contributed by atoms with van der Waals surface area (Å²) in [7, 11) is 3.38.